The molecule has 10 heteroatoms. The van der Waals surface area contributed by atoms with Crippen molar-refractivity contribution in [3.63, 3.8) is 0 Å². The molecule has 0 aromatic carbocycles. The number of fused-ring (bicyclic) bond motifs is 7. The van der Waals surface area contributed by atoms with Crippen LogP contribution in [-0.4, -0.2) is 41.2 Å². The van der Waals surface area contributed by atoms with E-state index in [2.05, 4.69) is 39.9 Å². The molecule has 0 unspecified atom stereocenters. The van der Waals surface area contributed by atoms with Crippen LogP contribution in [-0.2, 0) is 25.7 Å². The van der Waals surface area contributed by atoms with E-state index in [1.807, 2.05) is 33.8 Å². The Morgan fingerprint density at radius 3 is 2.34 bits per heavy atom. The Morgan fingerprint density at radius 2 is 1.68 bits per heavy atom. The molecule has 5 aliphatic rings. The van der Waals surface area contributed by atoms with Gasteiger partial charge in [-0.05, 0) is 118 Å². The summed E-state index contributed by atoms with van der Waals surface area (Å²) >= 11 is 0. The van der Waals surface area contributed by atoms with Crippen LogP contribution in [0.3, 0.4) is 0 Å². The summed E-state index contributed by atoms with van der Waals surface area (Å²) in [5.41, 5.74) is -1.48. The second kappa shape index (κ2) is 12.4. The van der Waals surface area contributed by atoms with E-state index < -0.39 is 34.3 Å². The van der Waals surface area contributed by atoms with Gasteiger partial charge in [0.1, 0.15) is 0 Å². The number of carboxylic acids is 1. The average Bonchev–Trinajstić information content (AvgIpc) is 3.42. The number of ketones is 1. The fourth-order valence-corrected chi connectivity index (χ4v) is 12.0. The molecule has 10 nitrogen and oxygen atoms in total. The summed E-state index contributed by atoms with van der Waals surface area (Å²) in [7, 11) is 0. The Balaban J connectivity index is 1.33. The second-order valence-electron chi connectivity index (χ2n) is 18.3. The molecule has 2 N–H and O–H groups in total. The van der Waals surface area contributed by atoms with Crippen LogP contribution in [0.5, 0.6) is 0 Å². The van der Waals surface area contributed by atoms with Crippen molar-refractivity contribution in [2.75, 3.05) is 6.61 Å². The quantitative estimate of drug-likeness (QED) is 0.275. The molecule has 0 radical (unpaired) electrons. The molecule has 4 fully saturated rings. The van der Waals surface area contributed by atoms with Gasteiger partial charge in [-0.15, -0.1) is 0 Å². The van der Waals surface area contributed by atoms with Gasteiger partial charge in [-0.3, -0.25) is 9.59 Å². The highest BCUT2D eigenvalue weighted by molar-refractivity contribution is 5.95. The van der Waals surface area contributed by atoms with Crippen molar-refractivity contribution in [3.05, 3.63) is 33.8 Å². The second-order valence-corrected chi connectivity index (χ2v) is 18.3. The Morgan fingerprint density at radius 1 is 0.980 bits per heavy atom. The number of alkyl carbamates (subject to hydrolysis) is 1. The normalized spacial score (nSPS) is 42.4. The molecule has 0 bridgehead atoms. The van der Waals surface area contributed by atoms with Gasteiger partial charge in [0.2, 0.25) is 0 Å². The van der Waals surface area contributed by atoms with Gasteiger partial charge in [0.05, 0.1) is 17.1 Å². The lowest BCUT2D eigenvalue weighted by molar-refractivity contribution is -0.197. The minimum Gasteiger partial charge on any atom is -0.481 e. The highest BCUT2D eigenvalue weighted by Gasteiger charge is 2.71. The Kier molecular flexibility index (Phi) is 9.13. The number of carbonyl (C=O) groups excluding carboxylic acids is 2. The number of ether oxygens (including phenoxy) is 2. The van der Waals surface area contributed by atoms with Crippen molar-refractivity contribution >= 4 is 17.8 Å². The van der Waals surface area contributed by atoms with Crippen LogP contribution in [0.2, 0.25) is 0 Å². The molecule has 1 aromatic rings. The third-order valence-corrected chi connectivity index (χ3v) is 15.1. The zero-order valence-electron chi connectivity index (χ0n) is 31.7. The van der Waals surface area contributed by atoms with Crippen molar-refractivity contribution in [1.29, 1.82) is 0 Å². The number of amides is 1. The molecule has 0 aliphatic heterocycles. The van der Waals surface area contributed by atoms with Gasteiger partial charge in [-0.2, -0.15) is 0 Å². The fourth-order valence-electron chi connectivity index (χ4n) is 12.0. The van der Waals surface area contributed by atoms with E-state index in [0.29, 0.717) is 31.6 Å². The predicted octanol–water partition coefficient (Wildman–Crippen LogP) is 8.18. The van der Waals surface area contributed by atoms with E-state index in [1.54, 1.807) is 0 Å². The predicted molar refractivity (Wildman–Crippen MR) is 186 cm³/mol. The van der Waals surface area contributed by atoms with Crippen LogP contribution in [0.25, 0.3) is 0 Å². The summed E-state index contributed by atoms with van der Waals surface area (Å²) in [4.78, 5) is 52.8. The number of hydrogen-bond donors (Lipinski definition) is 2. The van der Waals surface area contributed by atoms with Crippen LogP contribution in [0, 0.1) is 44.8 Å². The molecule has 0 saturated heterocycles. The molecular formula is C40H59NO9. The Labute approximate surface area is 296 Å². The van der Waals surface area contributed by atoms with Gasteiger partial charge in [0.15, 0.2) is 23.9 Å². The van der Waals surface area contributed by atoms with E-state index in [-0.39, 0.29) is 64.2 Å². The van der Waals surface area contributed by atoms with Gasteiger partial charge < -0.3 is 28.7 Å². The number of carboxylic acid groups (broad SMARTS) is 1. The topological polar surface area (TPSA) is 145 Å². The lowest BCUT2D eigenvalue weighted by Crippen LogP contribution is -2.72. The van der Waals surface area contributed by atoms with E-state index in [4.69, 9.17) is 18.3 Å². The lowest BCUT2D eigenvalue weighted by Gasteiger charge is -2.70. The molecule has 278 valence electrons. The Bertz CT molecular complexity index is 1620. The number of carbonyl (C=O) groups is 3. The number of hydrogen-bond acceptors (Lipinski definition) is 8. The standard InChI is InChI=1S/C40H59NO9/c1-10-19-47-29-12-13-37(6)28(40(29,9)41-33(45)48-22-27-30(23(2)3)50-34(46)49-27)11-14-39(8)31(37)26(42)20-24-25-21-36(5,32(43)44)16-15-35(25,4)17-18-38(24,39)7/h20,23,25,28-29,31H,10-19,21-22H2,1-9H3,(H,41,45)(H,43,44)/t25-,28+,29-,31+,35+,36-,37-,38+,39+,40-/m0/s1. The molecule has 50 heavy (non-hydrogen) atoms. The highest BCUT2D eigenvalue weighted by atomic mass is 16.6. The summed E-state index contributed by atoms with van der Waals surface area (Å²) < 4.78 is 22.5. The van der Waals surface area contributed by atoms with Gasteiger partial charge in [-0.1, -0.05) is 54.0 Å². The molecule has 1 heterocycles. The molecular weight excluding hydrogens is 638 g/mol. The minimum atomic E-state index is -0.832. The van der Waals surface area contributed by atoms with Gasteiger partial charge in [-0.25, -0.2) is 9.59 Å². The first-order valence-electron chi connectivity index (χ1n) is 19.0. The van der Waals surface area contributed by atoms with Crippen molar-refractivity contribution in [2.45, 2.75) is 151 Å². The van der Waals surface area contributed by atoms with Crippen LogP contribution >= 0.6 is 0 Å². The van der Waals surface area contributed by atoms with Crippen molar-refractivity contribution in [3.8, 4) is 0 Å². The maximum absolute atomic E-state index is 14.8. The number of rotatable bonds is 8. The summed E-state index contributed by atoms with van der Waals surface area (Å²) in [6.45, 7) is 19.3. The number of nitrogens with one attached hydrogen (secondary N) is 1. The van der Waals surface area contributed by atoms with E-state index in [0.717, 1.165) is 44.9 Å². The first kappa shape index (κ1) is 36.9. The van der Waals surface area contributed by atoms with Crippen molar-refractivity contribution < 1.29 is 37.8 Å². The molecule has 10 atom stereocenters. The maximum atomic E-state index is 14.8. The molecule has 0 spiro atoms. The molecule has 4 saturated carbocycles. The summed E-state index contributed by atoms with van der Waals surface area (Å²) in [6, 6.07) is 0. The minimum absolute atomic E-state index is 0.0165. The average molecular weight is 698 g/mol. The van der Waals surface area contributed by atoms with Crippen LogP contribution in [0.15, 0.2) is 25.3 Å². The van der Waals surface area contributed by atoms with E-state index >= 15 is 0 Å². The highest BCUT2D eigenvalue weighted by Crippen LogP contribution is 2.74. The number of allylic oxidation sites excluding steroid dienone is 2. The van der Waals surface area contributed by atoms with Crippen LogP contribution in [0.1, 0.15) is 144 Å². The molecule has 1 amide bonds. The SMILES string of the molecule is CCCO[C@H]1CC[C@@]2(C)[C@@H](CC[C@]3(C)[C@@H]2C(=O)C=C2[C@@H]4C[C@@](C)(C(=O)O)CC[C@]4(C)CC[C@]23C)[C@]1(C)NC(=O)OCc1oc(=O)oc1C(C)C. The van der Waals surface area contributed by atoms with Gasteiger partial charge in [0.25, 0.3) is 0 Å². The first-order valence-corrected chi connectivity index (χ1v) is 19.0. The third kappa shape index (κ3) is 5.44. The monoisotopic (exact) mass is 697 g/mol. The van der Waals surface area contributed by atoms with Crippen molar-refractivity contribution in [2.24, 2.45) is 44.8 Å². The fraction of sp³-hybridized carbons (Fsp3) is 0.800. The molecule has 6 rings (SSSR count). The van der Waals surface area contributed by atoms with Crippen molar-refractivity contribution in [1.82, 2.24) is 5.32 Å². The molecule has 5 aliphatic carbocycles. The summed E-state index contributed by atoms with van der Waals surface area (Å²) in [5, 5.41) is 13.5. The first-order chi connectivity index (χ1) is 23.3. The van der Waals surface area contributed by atoms with Crippen LogP contribution < -0.4 is 11.1 Å². The van der Waals surface area contributed by atoms with Gasteiger partial charge >= 0.3 is 17.9 Å². The van der Waals surface area contributed by atoms with E-state index in [1.165, 1.54) is 5.57 Å². The maximum Gasteiger partial charge on any atom is 0.519 e. The largest absolute Gasteiger partial charge is 0.519 e. The lowest BCUT2D eigenvalue weighted by atomic mass is 9.34. The van der Waals surface area contributed by atoms with Crippen LogP contribution in [0.4, 0.5) is 4.79 Å². The zero-order chi connectivity index (χ0) is 36.7. The number of aliphatic carboxylic acids is 1. The Hall–Kier alpha value is -2.88. The third-order valence-electron chi connectivity index (χ3n) is 15.1. The molecule has 1 aromatic heterocycles. The summed E-state index contributed by atoms with van der Waals surface area (Å²) in [6.07, 6.45) is 9.04. The zero-order valence-corrected chi connectivity index (χ0v) is 31.7. The van der Waals surface area contributed by atoms with E-state index in [9.17, 15) is 24.3 Å². The van der Waals surface area contributed by atoms with Gasteiger partial charge in [0, 0.05) is 18.4 Å². The summed E-state index contributed by atoms with van der Waals surface area (Å²) in [5.74, 6) is -1.28. The smallest absolute Gasteiger partial charge is 0.481 e.